The lowest BCUT2D eigenvalue weighted by Crippen LogP contribution is -1.70. The third-order valence-corrected chi connectivity index (χ3v) is 2.42. The first-order valence-electron chi connectivity index (χ1n) is 3.31. The second kappa shape index (κ2) is 2.58. The lowest BCUT2D eigenvalue weighted by atomic mass is 10.2. The van der Waals surface area contributed by atoms with Gasteiger partial charge in [0, 0.05) is 5.39 Å². The maximum Gasteiger partial charge on any atom is 0.126 e. The van der Waals surface area contributed by atoms with Crippen molar-refractivity contribution < 1.29 is 4.39 Å². The lowest BCUT2D eigenvalue weighted by molar-refractivity contribution is 0.493. The summed E-state index contributed by atoms with van der Waals surface area (Å²) in [6, 6.07) is 7.60. The number of halogens is 1. The van der Waals surface area contributed by atoms with Gasteiger partial charge >= 0.3 is 0 Å². The van der Waals surface area contributed by atoms with Crippen LogP contribution in [0.15, 0.2) is 24.3 Å². The SMILES string of the molecule is FCc1snc2ccccc12. The molecule has 0 saturated heterocycles. The van der Waals surface area contributed by atoms with Crippen LogP contribution in [0.4, 0.5) is 4.39 Å². The standard InChI is InChI=1S/C8H6FNS/c9-5-8-6-3-1-2-4-7(6)10-11-8/h1-4H,5H2. The van der Waals surface area contributed by atoms with Gasteiger partial charge in [-0.15, -0.1) is 0 Å². The Labute approximate surface area is 67.6 Å². The Kier molecular flexibility index (Phi) is 1.58. The van der Waals surface area contributed by atoms with Crippen LogP contribution in [0.2, 0.25) is 0 Å². The zero-order valence-corrected chi connectivity index (χ0v) is 6.57. The van der Waals surface area contributed by atoms with Gasteiger partial charge in [0.2, 0.25) is 0 Å². The van der Waals surface area contributed by atoms with Crippen molar-refractivity contribution in [2.24, 2.45) is 0 Å². The number of nitrogens with zero attached hydrogens (tertiary/aromatic N) is 1. The summed E-state index contributed by atoms with van der Waals surface area (Å²) in [6.45, 7) is -0.412. The van der Waals surface area contributed by atoms with Crippen LogP contribution in [-0.2, 0) is 6.67 Å². The molecule has 0 fully saturated rings. The minimum atomic E-state index is -0.412. The van der Waals surface area contributed by atoms with Gasteiger partial charge in [0.05, 0.1) is 10.4 Å². The zero-order chi connectivity index (χ0) is 7.68. The van der Waals surface area contributed by atoms with Crippen molar-refractivity contribution in [3.8, 4) is 0 Å². The Morgan fingerprint density at radius 3 is 3.00 bits per heavy atom. The van der Waals surface area contributed by atoms with Crippen molar-refractivity contribution in [1.29, 1.82) is 0 Å². The minimum absolute atomic E-state index is 0.412. The molecule has 0 radical (unpaired) electrons. The van der Waals surface area contributed by atoms with Crippen molar-refractivity contribution >= 4 is 22.4 Å². The fraction of sp³-hybridized carbons (Fsp3) is 0.125. The summed E-state index contributed by atoms with van der Waals surface area (Å²) >= 11 is 1.24. The molecule has 0 bridgehead atoms. The first-order valence-corrected chi connectivity index (χ1v) is 4.08. The number of hydrogen-bond acceptors (Lipinski definition) is 2. The van der Waals surface area contributed by atoms with Gasteiger partial charge in [0.15, 0.2) is 0 Å². The third kappa shape index (κ3) is 1.01. The van der Waals surface area contributed by atoms with E-state index < -0.39 is 6.67 Å². The van der Waals surface area contributed by atoms with Crippen LogP contribution in [0.25, 0.3) is 10.9 Å². The van der Waals surface area contributed by atoms with Gasteiger partial charge in [-0.25, -0.2) is 4.39 Å². The van der Waals surface area contributed by atoms with E-state index in [9.17, 15) is 4.39 Å². The van der Waals surface area contributed by atoms with Gasteiger partial charge in [-0.2, -0.15) is 4.37 Å². The third-order valence-electron chi connectivity index (χ3n) is 1.58. The van der Waals surface area contributed by atoms with E-state index in [0.717, 1.165) is 15.8 Å². The molecular weight excluding hydrogens is 161 g/mol. The Morgan fingerprint density at radius 1 is 1.36 bits per heavy atom. The average Bonchev–Trinajstić information content (AvgIpc) is 2.47. The van der Waals surface area contributed by atoms with Crippen LogP contribution in [0.5, 0.6) is 0 Å². The molecule has 3 heteroatoms. The zero-order valence-electron chi connectivity index (χ0n) is 5.75. The highest BCUT2D eigenvalue weighted by Gasteiger charge is 2.02. The van der Waals surface area contributed by atoms with Gasteiger partial charge in [-0.05, 0) is 17.6 Å². The molecule has 0 spiro atoms. The van der Waals surface area contributed by atoms with Gasteiger partial charge in [-0.1, -0.05) is 18.2 Å². The summed E-state index contributed by atoms with van der Waals surface area (Å²) in [6.07, 6.45) is 0. The predicted octanol–water partition coefficient (Wildman–Crippen LogP) is 2.77. The first kappa shape index (κ1) is 6.73. The van der Waals surface area contributed by atoms with E-state index in [1.807, 2.05) is 24.3 Å². The summed E-state index contributed by atoms with van der Waals surface area (Å²) in [5.41, 5.74) is 0.894. The Hall–Kier alpha value is -0.960. The largest absolute Gasteiger partial charge is 0.245 e. The van der Waals surface area contributed by atoms with Crippen molar-refractivity contribution in [2.45, 2.75) is 6.67 Å². The second-order valence-electron chi connectivity index (χ2n) is 2.26. The van der Waals surface area contributed by atoms with E-state index in [-0.39, 0.29) is 0 Å². The molecule has 1 aromatic carbocycles. The molecule has 11 heavy (non-hydrogen) atoms. The number of fused-ring (bicyclic) bond motifs is 1. The molecule has 2 aromatic rings. The first-order chi connectivity index (χ1) is 5.42. The molecule has 0 amide bonds. The number of hydrogen-bond donors (Lipinski definition) is 0. The molecule has 1 heterocycles. The number of aromatic nitrogens is 1. The van der Waals surface area contributed by atoms with Gasteiger partial charge in [0.1, 0.15) is 6.67 Å². The topological polar surface area (TPSA) is 12.9 Å². The highest BCUT2D eigenvalue weighted by Crippen LogP contribution is 2.22. The highest BCUT2D eigenvalue weighted by atomic mass is 32.1. The quantitative estimate of drug-likeness (QED) is 0.636. The molecule has 0 aliphatic heterocycles. The van der Waals surface area contributed by atoms with Crippen molar-refractivity contribution in [3.05, 3.63) is 29.1 Å². The molecule has 0 unspecified atom stereocenters. The fourth-order valence-corrected chi connectivity index (χ4v) is 1.73. The molecule has 1 nitrogen and oxygen atoms in total. The number of rotatable bonds is 1. The monoisotopic (exact) mass is 167 g/mol. The van der Waals surface area contributed by atoms with Crippen LogP contribution >= 0.6 is 11.5 Å². The Morgan fingerprint density at radius 2 is 2.18 bits per heavy atom. The second-order valence-corrected chi connectivity index (χ2v) is 3.11. The molecule has 0 saturated carbocycles. The summed E-state index contributed by atoms with van der Waals surface area (Å²) in [5.74, 6) is 0. The predicted molar refractivity (Wildman–Crippen MR) is 44.4 cm³/mol. The number of alkyl halides is 1. The molecule has 0 aliphatic carbocycles. The summed E-state index contributed by atoms with van der Waals surface area (Å²) in [4.78, 5) is 0.723. The van der Waals surface area contributed by atoms with E-state index in [0.29, 0.717) is 0 Å². The van der Waals surface area contributed by atoms with E-state index in [4.69, 9.17) is 0 Å². The molecule has 0 N–H and O–H groups in total. The summed E-state index contributed by atoms with van der Waals surface area (Å²) < 4.78 is 16.4. The molecule has 56 valence electrons. The fourth-order valence-electron chi connectivity index (χ4n) is 1.04. The van der Waals surface area contributed by atoms with Gasteiger partial charge < -0.3 is 0 Å². The molecule has 2 rings (SSSR count). The maximum absolute atomic E-state index is 12.3. The summed E-state index contributed by atoms with van der Waals surface area (Å²) in [7, 11) is 0. The smallest absolute Gasteiger partial charge is 0.126 e. The number of benzene rings is 1. The van der Waals surface area contributed by atoms with Crippen molar-refractivity contribution in [1.82, 2.24) is 4.37 Å². The maximum atomic E-state index is 12.3. The minimum Gasteiger partial charge on any atom is -0.245 e. The van der Waals surface area contributed by atoms with Crippen LogP contribution in [0.3, 0.4) is 0 Å². The van der Waals surface area contributed by atoms with Crippen LogP contribution in [-0.4, -0.2) is 4.37 Å². The van der Waals surface area contributed by atoms with Crippen LogP contribution < -0.4 is 0 Å². The van der Waals surface area contributed by atoms with E-state index in [1.54, 1.807) is 0 Å². The lowest BCUT2D eigenvalue weighted by Gasteiger charge is -1.86. The van der Waals surface area contributed by atoms with E-state index in [1.165, 1.54) is 11.5 Å². The van der Waals surface area contributed by atoms with Crippen LogP contribution in [0.1, 0.15) is 4.88 Å². The van der Waals surface area contributed by atoms with E-state index >= 15 is 0 Å². The van der Waals surface area contributed by atoms with Crippen LogP contribution in [0, 0.1) is 0 Å². The van der Waals surface area contributed by atoms with Gasteiger partial charge in [-0.3, -0.25) is 0 Å². The average molecular weight is 167 g/mol. The normalized spacial score (nSPS) is 10.6. The van der Waals surface area contributed by atoms with Gasteiger partial charge in [0.25, 0.3) is 0 Å². The highest BCUT2D eigenvalue weighted by molar-refractivity contribution is 7.07. The van der Waals surface area contributed by atoms with Crippen molar-refractivity contribution in [3.63, 3.8) is 0 Å². The Balaban J connectivity index is 2.76. The summed E-state index contributed by atoms with van der Waals surface area (Å²) in [5, 5.41) is 0.944. The van der Waals surface area contributed by atoms with E-state index in [2.05, 4.69) is 4.37 Å². The molecule has 0 atom stereocenters. The molecule has 1 aromatic heterocycles. The molecule has 0 aliphatic rings. The Bertz CT molecular complexity index is 369. The van der Waals surface area contributed by atoms with Crippen molar-refractivity contribution in [2.75, 3.05) is 0 Å². The molecular formula is C8H6FNS.